The predicted octanol–water partition coefficient (Wildman–Crippen LogP) is 28.4. The molecule has 0 aliphatic heterocycles. The Kier molecular flexibility index (Phi) is 15.2. The van der Waals surface area contributed by atoms with Crippen LogP contribution in [0.25, 0.3) is 204 Å². The molecule has 7 aromatic heterocycles. The van der Waals surface area contributed by atoms with Crippen LogP contribution >= 0.6 is 0 Å². The number of para-hydroxylation sites is 13. The second-order valence-electron chi connectivity index (χ2n) is 29.9. The lowest BCUT2D eigenvalue weighted by Gasteiger charge is -2.12. The van der Waals surface area contributed by atoms with E-state index in [1.165, 1.54) is 187 Å². The molecule has 0 unspecified atom stereocenters. The third-order valence-corrected chi connectivity index (χ3v) is 23.7. The molecule has 0 saturated carbocycles. The van der Waals surface area contributed by atoms with Crippen molar-refractivity contribution in [3.8, 4) is 50.9 Å². The first-order valence-corrected chi connectivity index (χ1v) is 39.5. The van der Waals surface area contributed by atoms with Gasteiger partial charge in [0.1, 0.15) is 0 Å². The van der Waals surface area contributed by atoms with Crippen LogP contribution in [0.5, 0.6) is 0 Å². The number of nitrogens with zero attached hydrogens (tertiary/aromatic N) is 7. The molecule has 18 aromatic carbocycles. The predicted molar refractivity (Wildman–Crippen MR) is 485 cm³/mol. The number of benzene rings is 18. The second kappa shape index (κ2) is 26.7. The van der Waals surface area contributed by atoms with Crippen LogP contribution in [0, 0.1) is 0 Å². The van der Waals surface area contributed by atoms with Crippen LogP contribution in [-0.4, -0.2) is 32.0 Å². The summed E-state index contributed by atoms with van der Waals surface area (Å²) in [7, 11) is 0. The fraction of sp³-hybridized carbons (Fsp3) is 0. The number of hydrogen-bond donors (Lipinski definition) is 0. The molecule has 0 spiro atoms. The van der Waals surface area contributed by atoms with E-state index in [9.17, 15) is 0 Å². The Morgan fingerprint density at radius 3 is 0.478 bits per heavy atom. The van der Waals surface area contributed by atoms with Gasteiger partial charge < -0.3 is 32.0 Å². The Hall–Kier alpha value is -15.4. The van der Waals surface area contributed by atoms with E-state index in [4.69, 9.17) is 0 Å². The average molecular weight is 1470 g/mol. The molecule has 0 aliphatic rings. The summed E-state index contributed by atoms with van der Waals surface area (Å²) in [6.45, 7) is 0. The highest BCUT2D eigenvalue weighted by molar-refractivity contribution is 6.16. The van der Waals surface area contributed by atoms with Crippen LogP contribution in [0.1, 0.15) is 0 Å². The van der Waals surface area contributed by atoms with Gasteiger partial charge in [0.15, 0.2) is 0 Å². The highest BCUT2D eigenvalue weighted by atomic mass is 15.0. The van der Waals surface area contributed by atoms with Crippen LogP contribution in [-0.2, 0) is 0 Å². The van der Waals surface area contributed by atoms with Crippen molar-refractivity contribution in [2.24, 2.45) is 0 Å². The van der Waals surface area contributed by atoms with Crippen molar-refractivity contribution >= 4 is 153 Å². The molecule has 0 radical (unpaired) electrons. The van der Waals surface area contributed by atoms with Crippen LogP contribution in [0.2, 0.25) is 0 Å². The zero-order valence-corrected chi connectivity index (χ0v) is 62.6. The van der Waals surface area contributed by atoms with Crippen LogP contribution in [0.4, 0.5) is 0 Å². The van der Waals surface area contributed by atoms with E-state index in [1.54, 1.807) is 0 Å². The van der Waals surface area contributed by atoms with E-state index >= 15 is 0 Å². The molecule has 7 heteroatoms. The Bertz CT molecular complexity index is 7380. The molecule has 538 valence electrons. The van der Waals surface area contributed by atoms with Gasteiger partial charge in [0.05, 0.1) is 77.2 Å². The van der Waals surface area contributed by atoms with Crippen molar-refractivity contribution in [3.05, 3.63) is 431 Å². The van der Waals surface area contributed by atoms with Gasteiger partial charge in [0.2, 0.25) is 0 Å². The number of hydrogen-bond acceptors (Lipinski definition) is 0. The van der Waals surface area contributed by atoms with Gasteiger partial charge in [0, 0.05) is 115 Å². The fourth-order valence-corrected chi connectivity index (χ4v) is 18.7. The molecule has 0 aliphatic carbocycles. The van der Waals surface area contributed by atoms with E-state index in [0.717, 1.165) is 17.1 Å². The Morgan fingerprint density at radius 2 is 0.252 bits per heavy atom. The average Bonchev–Trinajstić information content (AvgIpc) is 1.57. The molecular weight excluding hydrogens is 1400 g/mol. The van der Waals surface area contributed by atoms with E-state index in [1.807, 2.05) is 0 Å². The summed E-state index contributed by atoms with van der Waals surface area (Å²) in [5.74, 6) is 0. The molecule has 7 nitrogen and oxygen atoms in total. The molecule has 7 heterocycles. The first-order valence-electron chi connectivity index (χ1n) is 39.5. The van der Waals surface area contributed by atoms with Crippen LogP contribution in [0.15, 0.2) is 431 Å². The summed E-state index contributed by atoms with van der Waals surface area (Å²) in [5, 5.41) is 17.8. The van der Waals surface area contributed by atoms with Gasteiger partial charge in [-0.3, -0.25) is 0 Å². The second-order valence-corrected chi connectivity index (χ2v) is 29.9. The lowest BCUT2D eigenvalue weighted by Crippen LogP contribution is -1.98. The molecule has 0 fully saturated rings. The minimum atomic E-state index is 1.16. The summed E-state index contributed by atoms with van der Waals surface area (Å²) in [6.07, 6.45) is 0. The monoisotopic (exact) mass is 1470 g/mol. The zero-order chi connectivity index (χ0) is 75.6. The molecule has 115 heavy (non-hydrogen) atoms. The van der Waals surface area contributed by atoms with Gasteiger partial charge >= 0.3 is 0 Å². The molecule has 25 rings (SSSR count). The van der Waals surface area contributed by atoms with Gasteiger partial charge in [-0.2, -0.15) is 0 Å². The zero-order valence-electron chi connectivity index (χ0n) is 62.6. The van der Waals surface area contributed by atoms with Gasteiger partial charge in [0.25, 0.3) is 0 Å². The molecule has 0 amide bonds. The van der Waals surface area contributed by atoms with Crippen molar-refractivity contribution in [1.82, 2.24) is 32.0 Å². The standard InChI is InChI=1S/C42H27N3.C36H24N2.C30H20N2/c1-2-12-28(13-3-1)43-41-24-22-29(44-37-18-8-4-14-31(37)32-15-5-9-19-38(32)44)26-35(41)36-27-30(23-25-42(36)43)45-39-20-10-6-16-33(39)34-17-7-11-21-40(34)45;1-5-13-33-29(9-1)30-10-2-6-14-34(30)37(33)27-21-17-25(18-22-27)26-19-23-28(24-20-26)38-35-15-7-3-11-31(35)32-12-4-8-16-36(32)38;1-5-16-27-23(12-1)24-13-2-6-17-28(24)31(27)21-10-9-11-22(20-21)32-29-18-7-3-14-25(29)26-15-4-8-19-30(26)32/h1-27H;1-24H;1-20H. The van der Waals surface area contributed by atoms with Gasteiger partial charge in [-0.15, -0.1) is 0 Å². The van der Waals surface area contributed by atoms with E-state index < -0.39 is 0 Å². The van der Waals surface area contributed by atoms with Crippen molar-refractivity contribution in [2.75, 3.05) is 0 Å². The molecule has 0 bridgehead atoms. The van der Waals surface area contributed by atoms with E-state index in [0.29, 0.717) is 0 Å². The largest absolute Gasteiger partial charge is 0.309 e. The summed E-state index contributed by atoms with van der Waals surface area (Å²) in [6, 6.07) is 155. The van der Waals surface area contributed by atoms with E-state index in [2.05, 4.69) is 463 Å². The molecular formula is C108H71N7. The Balaban J connectivity index is 0.000000104. The minimum absolute atomic E-state index is 1.16. The Labute approximate surface area is 661 Å². The number of rotatable bonds is 8. The Morgan fingerprint density at radius 1 is 0.0957 bits per heavy atom. The smallest absolute Gasteiger partial charge is 0.0542 e. The maximum atomic E-state index is 2.41. The third-order valence-electron chi connectivity index (χ3n) is 23.7. The normalized spacial score (nSPS) is 11.8. The third kappa shape index (κ3) is 10.4. The lowest BCUT2D eigenvalue weighted by molar-refractivity contribution is 1.13. The first kappa shape index (κ1) is 65.4. The van der Waals surface area contributed by atoms with Crippen LogP contribution in [0.3, 0.4) is 0 Å². The molecule has 25 aromatic rings. The highest BCUT2D eigenvalue weighted by Gasteiger charge is 2.22. The molecule has 0 saturated heterocycles. The maximum absolute atomic E-state index is 2.41. The fourth-order valence-electron chi connectivity index (χ4n) is 18.7. The van der Waals surface area contributed by atoms with Crippen LogP contribution < -0.4 is 0 Å². The van der Waals surface area contributed by atoms with Gasteiger partial charge in [-0.1, -0.05) is 267 Å². The lowest BCUT2D eigenvalue weighted by atomic mass is 10.0. The van der Waals surface area contributed by atoms with Gasteiger partial charge in [-0.25, -0.2) is 0 Å². The molecule has 0 atom stereocenters. The minimum Gasteiger partial charge on any atom is -0.309 e. The first-order chi connectivity index (χ1) is 57.1. The topological polar surface area (TPSA) is 34.5 Å². The molecule has 0 N–H and O–H groups in total. The summed E-state index contributed by atoms with van der Waals surface area (Å²) in [4.78, 5) is 0. The van der Waals surface area contributed by atoms with Gasteiger partial charge in [-0.05, 0) is 175 Å². The maximum Gasteiger partial charge on any atom is 0.0542 e. The SMILES string of the molecule is c1cc(-n2c3ccccc3c3ccccc32)cc(-n2c3ccccc3c3ccccc32)c1.c1ccc(-n2c3ccc(-n4c5ccccc5c5ccccc54)cc3c3cc(-n4c5ccccc5c5ccccc54)ccc32)cc1.c1ccc2c(c1)c1ccccc1n2-c1ccc(-c2ccc(-n3c4ccccc4c4ccccc43)cc2)cc1. The summed E-state index contributed by atoms with van der Waals surface area (Å²) < 4.78 is 16.7. The number of aromatic nitrogens is 7. The number of fused-ring (bicyclic) bond motifs is 21. The summed E-state index contributed by atoms with van der Waals surface area (Å²) in [5.41, 5.74) is 27.7. The van der Waals surface area contributed by atoms with Crippen molar-refractivity contribution in [1.29, 1.82) is 0 Å². The van der Waals surface area contributed by atoms with Crippen molar-refractivity contribution in [2.45, 2.75) is 0 Å². The van der Waals surface area contributed by atoms with Crippen molar-refractivity contribution < 1.29 is 0 Å². The van der Waals surface area contributed by atoms with E-state index in [-0.39, 0.29) is 0 Å². The summed E-state index contributed by atoms with van der Waals surface area (Å²) >= 11 is 0. The highest BCUT2D eigenvalue weighted by Crippen LogP contribution is 2.43. The van der Waals surface area contributed by atoms with Crippen molar-refractivity contribution in [3.63, 3.8) is 0 Å². The quantitative estimate of drug-likeness (QED) is 0.145.